The highest BCUT2D eigenvalue weighted by Crippen LogP contribution is 2.40. The number of nitrogens with two attached hydrogens (primary N) is 1. The Bertz CT molecular complexity index is 581. The first-order valence-corrected chi connectivity index (χ1v) is 5.65. The van der Waals surface area contributed by atoms with Gasteiger partial charge in [0, 0.05) is 5.69 Å². The highest BCUT2D eigenvalue weighted by molar-refractivity contribution is 6.32. The molecule has 100 valence electrons. The number of halogens is 4. The second-order valence-electron chi connectivity index (χ2n) is 3.79. The van der Waals surface area contributed by atoms with Crippen LogP contribution in [0.4, 0.5) is 18.9 Å². The summed E-state index contributed by atoms with van der Waals surface area (Å²) in [6.45, 7) is 0. The maximum absolute atomic E-state index is 12.7. The fourth-order valence-electron chi connectivity index (χ4n) is 1.47. The molecule has 0 aliphatic rings. The molecule has 0 heterocycles. The molecule has 2 aromatic carbocycles. The van der Waals surface area contributed by atoms with Gasteiger partial charge >= 0.3 is 6.18 Å². The number of alkyl halides is 3. The minimum absolute atomic E-state index is 0.0544. The molecule has 0 saturated heterocycles. The Balaban J connectivity index is 2.33. The number of hydrogen-bond donors (Lipinski definition) is 1. The molecule has 2 N–H and O–H groups in total. The molecule has 0 radical (unpaired) electrons. The molecule has 19 heavy (non-hydrogen) atoms. The fraction of sp³-hybridized carbons (Fsp3) is 0.0769. The number of hydrogen-bond acceptors (Lipinski definition) is 2. The molecular formula is C13H9ClF3NO. The minimum atomic E-state index is -4.52. The predicted octanol–water partition coefficient (Wildman–Crippen LogP) is 4.73. The molecule has 0 spiro atoms. The quantitative estimate of drug-likeness (QED) is 0.810. The molecule has 0 saturated carbocycles. The molecule has 0 aromatic heterocycles. The lowest BCUT2D eigenvalue weighted by Crippen LogP contribution is -2.06. The van der Waals surface area contributed by atoms with Gasteiger partial charge in [0.25, 0.3) is 0 Å². The first-order valence-electron chi connectivity index (χ1n) is 5.27. The molecule has 2 rings (SSSR count). The summed E-state index contributed by atoms with van der Waals surface area (Å²) in [5.41, 5.74) is 5.10. The van der Waals surface area contributed by atoms with Crippen molar-refractivity contribution in [3.8, 4) is 11.5 Å². The fourth-order valence-corrected chi connectivity index (χ4v) is 1.74. The van der Waals surface area contributed by atoms with E-state index < -0.39 is 16.8 Å². The van der Waals surface area contributed by atoms with Crippen LogP contribution < -0.4 is 10.5 Å². The zero-order valence-electron chi connectivity index (χ0n) is 9.54. The van der Waals surface area contributed by atoms with Gasteiger partial charge in [-0.05, 0) is 36.4 Å². The Morgan fingerprint density at radius 3 is 2.21 bits per heavy atom. The van der Waals surface area contributed by atoms with Gasteiger partial charge in [-0.3, -0.25) is 0 Å². The van der Waals surface area contributed by atoms with E-state index in [9.17, 15) is 13.2 Å². The summed E-state index contributed by atoms with van der Waals surface area (Å²) in [4.78, 5) is 0. The second kappa shape index (κ2) is 5.01. The van der Waals surface area contributed by atoms with E-state index in [4.69, 9.17) is 22.1 Å². The minimum Gasteiger partial charge on any atom is -0.456 e. The van der Waals surface area contributed by atoms with Crippen molar-refractivity contribution in [1.82, 2.24) is 0 Å². The van der Waals surface area contributed by atoms with Crippen LogP contribution in [0.1, 0.15) is 5.56 Å². The Kier molecular flexibility index (Phi) is 3.57. The van der Waals surface area contributed by atoms with Crippen LogP contribution in [0, 0.1) is 0 Å². The number of benzene rings is 2. The van der Waals surface area contributed by atoms with Crippen LogP contribution in [0.25, 0.3) is 0 Å². The molecular weight excluding hydrogens is 279 g/mol. The summed E-state index contributed by atoms with van der Waals surface area (Å²) in [6, 6.07) is 9.76. The number of nitrogen functional groups attached to an aromatic ring is 1. The third-order valence-electron chi connectivity index (χ3n) is 2.38. The molecule has 0 amide bonds. The maximum Gasteiger partial charge on any atom is 0.417 e. The third kappa shape index (κ3) is 3.12. The summed E-state index contributed by atoms with van der Waals surface area (Å²) in [5.74, 6) is 0.302. The Hall–Kier alpha value is -1.88. The van der Waals surface area contributed by atoms with Gasteiger partial charge < -0.3 is 10.5 Å². The average Bonchev–Trinajstić information content (AvgIpc) is 2.33. The molecule has 2 aromatic rings. The molecule has 0 unspecified atom stereocenters. The van der Waals surface area contributed by atoms with Crippen LogP contribution in [-0.4, -0.2) is 0 Å². The lowest BCUT2D eigenvalue weighted by molar-refractivity contribution is -0.137. The summed E-state index contributed by atoms with van der Waals surface area (Å²) < 4.78 is 43.3. The van der Waals surface area contributed by atoms with Gasteiger partial charge in [-0.15, -0.1) is 0 Å². The van der Waals surface area contributed by atoms with E-state index in [0.717, 1.165) is 6.07 Å². The maximum atomic E-state index is 12.7. The van der Waals surface area contributed by atoms with Crippen LogP contribution in [0.5, 0.6) is 11.5 Å². The van der Waals surface area contributed by atoms with Crippen molar-refractivity contribution in [2.24, 2.45) is 0 Å². The summed E-state index contributed by atoms with van der Waals surface area (Å²) in [6.07, 6.45) is -4.52. The molecule has 0 bridgehead atoms. The Morgan fingerprint density at radius 2 is 1.63 bits per heavy atom. The van der Waals surface area contributed by atoms with E-state index in [0.29, 0.717) is 11.4 Å². The number of rotatable bonds is 2. The highest BCUT2D eigenvalue weighted by atomic mass is 35.5. The molecule has 2 nitrogen and oxygen atoms in total. The predicted molar refractivity (Wildman–Crippen MR) is 67.4 cm³/mol. The van der Waals surface area contributed by atoms with Gasteiger partial charge in [0.15, 0.2) is 0 Å². The van der Waals surface area contributed by atoms with E-state index in [1.54, 1.807) is 24.3 Å². The molecule has 0 aliphatic heterocycles. The average molecular weight is 288 g/mol. The van der Waals surface area contributed by atoms with Crippen molar-refractivity contribution in [3.05, 3.63) is 53.1 Å². The summed E-state index contributed by atoms with van der Waals surface area (Å²) in [7, 11) is 0. The largest absolute Gasteiger partial charge is 0.456 e. The molecule has 0 aliphatic carbocycles. The van der Waals surface area contributed by atoms with E-state index in [2.05, 4.69) is 0 Å². The van der Waals surface area contributed by atoms with Crippen molar-refractivity contribution < 1.29 is 17.9 Å². The van der Waals surface area contributed by atoms with Crippen molar-refractivity contribution in [1.29, 1.82) is 0 Å². The third-order valence-corrected chi connectivity index (χ3v) is 2.77. The van der Waals surface area contributed by atoms with Crippen LogP contribution in [-0.2, 0) is 6.18 Å². The first-order chi connectivity index (χ1) is 8.88. The number of ether oxygens (including phenoxy) is 1. The zero-order valence-corrected chi connectivity index (χ0v) is 10.3. The smallest absolute Gasteiger partial charge is 0.417 e. The lowest BCUT2D eigenvalue weighted by atomic mass is 10.2. The van der Waals surface area contributed by atoms with Crippen molar-refractivity contribution in [2.75, 3.05) is 5.73 Å². The highest BCUT2D eigenvalue weighted by Gasteiger charge is 2.34. The normalized spacial score (nSPS) is 11.4. The van der Waals surface area contributed by atoms with Crippen molar-refractivity contribution >= 4 is 17.3 Å². The first kappa shape index (κ1) is 13.5. The summed E-state index contributed by atoms with van der Waals surface area (Å²) >= 11 is 5.70. The van der Waals surface area contributed by atoms with E-state index >= 15 is 0 Å². The van der Waals surface area contributed by atoms with E-state index in [1.807, 2.05) is 0 Å². The van der Waals surface area contributed by atoms with Gasteiger partial charge in [-0.25, -0.2) is 0 Å². The standard InChI is InChI=1S/C13H9ClF3NO/c14-12-10(13(15,16)17)2-1-3-11(12)19-9-6-4-8(18)5-7-9/h1-7H,18H2. The second-order valence-corrected chi connectivity index (χ2v) is 4.16. The molecule has 0 atom stereocenters. The van der Waals surface area contributed by atoms with Crippen molar-refractivity contribution in [3.63, 3.8) is 0 Å². The van der Waals surface area contributed by atoms with Crippen LogP contribution in [0.2, 0.25) is 5.02 Å². The topological polar surface area (TPSA) is 35.2 Å². The Morgan fingerprint density at radius 1 is 1.00 bits per heavy atom. The number of anilines is 1. The van der Waals surface area contributed by atoms with E-state index in [-0.39, 0.29) is 5.75 Å². The van der Waals surface area contributed by atoms with Crippen LogP contribution in [0.15, 0.2) is 42.5 Å². The van der Waals surface area contributed by atoms with Crippen LogP contribution in [0.3, 0.4) is 0 Å². The van der Waals surface area contributed by atoms with Gasteiger partial charge in [0.2, 0.25) is 0 Å². The Labute approximate surface area is 112 Å². The van der Waals surface area contributed by atoms with Crippen LogP contribution >= 0.6 is 11.6 Å². The molecule has 6 heteroatoms. The van der Waals surface area contributed by atoms with Crippen molar-refractivity contribution in [2.45, 2.75) is 6.18 Å². The van der Waals surface area contributed by atoms with Gasteiger partial charge in [0.05, 0.1) is 10.6 Å². The van der Waals surface area contributed by atoms with Gasteiger partial charge in [-0.1, -0.05) is 17.7 Å². The zero-order chi connectivity index (χ0) is 14.0. The summed E-state index contributed by atoms with van der Waals surface area (Å²) in [5, 5.41) is -0.466. The SMILES string of the molecule is Nc1ccc(Oc2cccc(C(F)(F)F)c2Cl)cc1. The van der Waals surface area contributed by atoms with Gasteiger partial charge in [-0.2, -0.15) is 13.2 Å². The van der Waals surface area contributed by atoms with Gasteiger partial charge in [0.1, 0.15) is 11.5 Å². The molecule has 0 fully saturated rings. The van der Waals surface area contributed by atoms with E-state index in [1.165, 1.54) is 12.1 Å². The lowest BCUT2D eigenvalue weighted by Gasteiger charge is -2.13. The monoisotopic (exact) mass is 287 g/mol.